The zero-order chi connectivity index (χ0) is 35.8. The van der Waals surface area contributed by atoms with E-state index in [0.29, 0.717) is 16.9 Å². The first-order chi connectivity index (χ1) is 23.0. The number of halogens is 6. The lowest BCUT2D eigenvalue weighted by atomic mass is 9.82. The van der Waals surface area contributed by atoms with Crippen LogP contribution in [0.25, 0.3) is 16.8 Å². The largest absolute Gasteiger partial charge is 0.486 e. The molecule has 2 unspecified atom stereocenters. The van der Waals surface area contributed by atoms with Crippen LogP contribution in [0.15, 0.2) is 52.6 Å². The predicted molar refractivity (Wildman–Crippen MR) is 178 cm³/mol. The maximum atomic E-state index is 14.3. The van der Waals surface area contributed by atoms with E-state index < -0.39 is 50.2 Å². The molecule has 16 heteroatoms. The normalized spacial score (nSPS) is 18.0. The second-order valence-corrected chi connectivity index (χ2v) is 14.6. The van der Waals surface area contributed by atoms with Gasteiger partial charge in [-0.25, -0.2) is 18.4 Å². The van der Waals surface area contributed by atoms with E-state index in [1.807, 2.05) is 0 Å². The number of esters is 1. The van der Waals surface area contributed by atoms with Gasteiger partial charge in [-0.2, -0.15) is 0 Å². The number of hydrogen-bond donors (Lipinski definition) is 0. The topological polar surface area (TPSA) is 111 Å². The molecule has 2 amide bonds. The van der Waals surface area contributed by atoms with Gasteiger partial charge in [-0.05, 0) is 62.6 Å². The fraction of sp³-hybridized carbons (Fsp3) is 0.394. The number of carbonyl (C=O) groups excluding carboxylic acids is 3. The number of hydrogen-bond acceptors (Lipinski definition) is 8. The lowest BCUT2D eigenvalue weighted by Gasteiger charge is -2.50. The number of aromatic nitrogens is 1. The smallest absolute Gasteiger partial charge is 0.411 e. The summed E-state index contributed by atoms with van der Waals surface area (Å²) >= 11 is 24.2. The van der Waals surface area contributed by atoms with E-state index in [0.717, 1.165) is 12.1 Å². The third-order valence-electron chi connectivity index (χ3n) is 8.27. The van der Waals surface area contributed by atoms with Crippen LogP contribution >= 0.6 is 46.4 Å². The van der Waals surface area contributed by atoms with Gasteiger partial charge in [-0.3, -0.25) is 9.69 Å². The maximum absolute atomic E-state index is 14.3. The van der Waals surface area contributed by atoms with E-state index in [1.165, 1.54) is 31.7 Å². The summed E-state index contributed by atoms with van der Waals surface area (Å²) < 4.78 is 48.5. The highest BCUT2D eigenvalue weighted by molar-refractivity contribution is 6.68. The van der Waals surface area contributed by atoms with Crippen molar-refractivity contribution >= 4 is 69.9 Å². The molecule has 1 fully saturated rings. The number of amides is 2. The molecule has 2 aromatic carbocycles. The first-order valence-corrected chi connectivity index (χ1v) is 16.6. The third kappa shape index (κ3) is 7.62. The number of carbonyl (C=O) groups is 3. The van der Waals surface area contributed by atoms with Crippen LogP contribution < -0.4 is 4.74 Å². The van der Waals surface area contributed by atoms with Gasteiger partial charge in [-0.1, -0.05) is 63.7 Å². The van der Waals surface area contributed by atoms with Crippen molar-refractivity contribution in [1.82, 2.24) is 15.0 Å². The van der Waals surface area contributed by atoms with Crippen LogP contribution in [-0.2, 0) is 25.7 Å². The highest BCUT2D eigenvalue weighted by Gasteiger charge is 2.51. The summed E-state index contributed by atoms with van der Waals surface area (Å²) in [4.78, 5) is 42.7. The lowest BCUT2D eigenvalue weighted by Crippen LogP contribution is -2.65. The van der Waals surface area contributed by atoms with Crippen molar-refractivity contribution in [1.29, 1.82) is 0 Å². The van der Waals surface area contributed by atoms with Crippen LogP contribution in [0.4, 0.5) is 13.6 Å². The molecule has 2 bridgehead atoms. The van der Waals surface area contributed by atoms with Crippen molar-refractivity contribution in [3.8, 4) is 17.0 Å². The van der Waals surface area contributed by atoms with E-state index in [2.05, 4.69) is 5.16 Å². The minimum absolute atomic E-state index is 0.00866. The highest BCUT2D eigenvalue weighted by atomic mass is 35.6. The first kappa shape index (κ1) is 36.7. The van der Waals surface area contributed by atoms with E-state index in [-0.39, 0.29) is 61.2 Å². The molecule has 0 spiro atoms. The summed E-state index contributed by atoms with van der Waals surface area (Å²) in [7, 11) is 0. The van der Waals surface area contributed by atoms with E-state index in [4.69, 9.17) is 65.1 Å². The fourth-order valence-electron chi connectivity index (χ4n) is 5.68. The van der Waals surface area contributed by atoms with Crippen molar-refractivity contribution in [3.63, 3.8) is 0 Å². The Morgan fingerprint density at radius 3 is 2.35 bits per heavy atom. The van der Waals surface area contributed by atoms with Gasteiger partial charge in [0.25, 0.3) is 0 Å². The number of rotatable bonds is 8. The minimum atomic E-state index is -1.95. The molecule has 0 aliphatic carbocycles. The Hall–Kier alpha value is -3.58. The fourth-order valence-corrected chi connectivity index (χ4v) is 6.05. The molecule has 2 atom stereocenters. The van der Waals surface area contributed by atoms with E-state index in [9.17, 15) is 23.2 Å². The van der Waals surface area contributed by atoms with Gasteiger partial charge in [0.05, 0.1) is 34.8 Å². The molecular weight excluding hydrogens is 730 g/mol. The van der Waals surface area contributed by atoms with Gasteiger partial charge in [-0.15, -0.1) is 0 Å². The monoisotopic (exact) mass is 759 g/mol. The molecule has 1 saturated heterocycles. The van der Waals surface area contributed by atoms with Crippen molar-refractivity contribution in [2.45, 2.75) is 62.2 Å². The molecule has 0 N–H and O–H groups in total. The van der Waals surface area contributed by atoms with Gasteiger partial charge in [0.2, 0.25) is 9.70 Å². The molecule has 0 saturated carbocycles. The summed E-state index contributed by atoms with van der Waals surface area (Å²) in [6.45, 7) is 6.16. The summed E-state index contributed by atoms with van der Waals surface area (Å²) in [6, 6.07) is 8.60. The molecule has 3 aromatic rings. The summed E-state index contributed by atoms with van der Waals surface area (Å²) in [5.41, 5.74) is -0.260. The Bertz CT molecular complexity index is 1790. The average molecular weight is 761 g/mol. The molecular formula is C33H31Cl4F2N3O7. The van der Waals surface area contributed by atoms with Gasteiger partial charge < -0.3 is 23.6 Å². The molecule has 0 radical (unpaired) electrons. The summed E-state index contributed by atoms with van der Waals surface area (Å²) in [5.74, 6) is -1.78. The van der Waals surface area contributed by atoms with E-state index in [1.54, 1.807) is 36.1 Å². The zero-order valence-corrected chi connectivity index (χ0v) is 29.7. The summed E-state index contributed by atoms with van der Waals surface area (Å²) in [6.07, 6.45) is -0.630. The molecule has 2 aliphatic heterocycles. The van der Waals surface area contributed by atoms with Gasteiger partial charge in [0, 0.05) is 26.1 Å². The highest BCUT2D eigenvalue weighted by Crippen LogP contribution is 2.43. The molecule has 262 valence electrons. The number of benzene rings is 2. The van der Waals surface area contributed by atoms with Crippen molar-refractivity contribution in [2.24, 2.45) is 0 Å². The van der Waals surface area contributed by atoms with Gasteiger partial charge >= 0.3 is 12.1 Å². The third-order valence-corrected chi connectivity index (χ3v) is 10.0. The molecule has 1 aromatic heterocycles. The minimum Gasteiger partial charge on any atom is -0.486 e. The van der Waals surface area contributed by atoms with Crippen LogP contribution in [0, 0.1) is 11.6 Å². The quantitative estimate of drug-likeness (QED) is 0.130. The maximum Gasteiger partial charge on any atom is 0.411 e. The number of alkyl halides is 3. The zero-order valence-electron chi connectivity index (χ0n) is 26.7. The average Bonchev–Trinajstić information content (AvgIpc) is 3.49. The summed E-state index contributed by atoms with van der Waals surface area (Å²) in [5, 5.41) is 3.38. The van der Waals surface area contributed by atoms with Crippen LogP contribution in [0.3, 0.4) is 0 Å². The standard InChI is InChI=1S/C33H31Cl4F2N3O7/c1-5-46-30(44)27-22(12-19-14-41(17(2)43)15-26(27)42(19)31(45)48-32(3,4)33(35,36)37)18-6-8-20(9-7-18)47-16-21-13-25(40-49-21)28-23(38)10-11-24(39)29(28)34/h6-11,13,19,26H,5,12,14-16H2,1-4H3. The number of piperazine rings is 1. The Morgan fingerprint density at radius 1 is 1.04 bits per heavy atom. The van der Waals surface area contributed by atoms with Crippen molar-refractivity contribution in [3.05, 3.63) is 76.0 Å². The first-order valence-electron chi connectivity index (χ1n) is 15.1. The Kier molecular flexibility index (Phi) is 10.7. The Morgan fingerprint density at radius 2 is 1.71 bits per heavy atom. The molecule has 5 rings (SSSR count). The predicted octanol–water partition coefficient (Wildman–Crippen LogP) is 7.76. The van der Waals surface area contributed by atoms with Crippen LogP contribution in [0.5, 0.6) is 5.75 Å². The second kappa shape index (κ2) is 14.3. The number of nitrogens with zero attached hydrogens (tertiary/aromatic N) is 3. The Labute approximate surface area is 300 Å². The SMILES string of the molecule is CCOC(=O)C1=C(c2ccc(OCc3cc(-c4c(F)ccc(F)c4Cl)no3)cc2)CC2CN(C(C)=O)CC1N2C(=O)OC(C)(C)C(Cl)(Cl)Cl. The van der Waals surface area contributed by atoms with Gasteiger partial charge in [0.1, 0.15) is 29.7 Å². The van der Waals surface area contributed by atoms with E-state index >= 15 is 0 Å². The Balaban J connectivity index is 1.42. The van der Waals surface area contributed by atoms with Crippen LogP contribution in [0.2, 0.25) is 5.02 Å². The number of ether oxygens (including phenoxy) is 3. The van der Waals surface area contributed by atoms with Crippen LogP contribution in [-0.4, -0.2) is 74.1 Å². The number of fused-ring (bicyclic) bond motifs is 2. The van der Waals surface area contributed by atoms with Crippen LogP contribution in [0.1, 0.15) is 45.4 Å². The molecule has 10 nitrogen and oxygen atoms in total. The van der Waals surface area contributed by atoms with Crippen molar-refractivity contribution < 1.29 is 41.9 Å². The molecule has 3 heterocycles. The second-order valence-electron chi connectivity index (χ2n) is 11.9. The molecule has 49 heavy (non-hydrogen) atoms. The van der Waals surface area contributed by atoms with Crippen molar-refractivity contribution in [2.75, 3.05) is 19.7 Å². The lowest BCUT2D eigenvalue weighted by molar-refractivity contribution is -0.142. The van der Waals surface area contributed by atoms with Gasteiger partial charge in [0.15, 0.2) is 11.4 Å². The molecule has 2 aliphatic rings.